The van der Waals surface area contributed by atoms with Gasteiger partial charge in [-0.3, -0.25) is 4.79 Å². The summed E-state index contributed by atoms with van der Waals surface area (Å²) in [5.41, 5.74) is 0.391. The highest BCUT2D eigenvalue weighted by atomic mass is 19.3. The minimum Gasteiger partial charge on any atom is -0.337 e. The summed E-state index contributed by atoms with van der Waals surface area (Å²) in [6, 6.07) is 1.61. The second-order valence-electron chi connectivity index (χ2n) is 5.98. The molecule has 0 bridgehead atoms. The van der Waals surface area contributed by atoms with Gasteiger partial charge >= 0.3 is 0 Å². The van der Waals surface area contributed by atoms with Gasteiger partial charge in [-0.1, -0.05) is 12.8 Å². The molecule has 1 saturated heterocycles. The summed E-state index contributed by atoms with van der Waals surface area (Å²) >= 11 is 0. The van der Waals surface area contributed by atoms with Crippen molar-refractivity contribution in [2.75, 3.05) is 13.1 Å². The van der Waals surface area contributed by atoms with E-state index < -0.39 is 6.43 Å². The number of carbonyl (C=O) groups excluding carboxylic acids is 1. The number of likely N-dealkylation sites (tertiary alicyclic amines) is 1. The number of amides is 1. The first kappa shape index (κ1) is 14.4. The molecule has 2 heterocycles. The van der Waals surface area contributed by atoms with Crippen LogP contribution < -0.4 is 0 Å². The molecule has 0 spiro atoms. The Bertz CT molecular complexity index is 511. The van der Waals surface area contributed by atoms with E-state index in [0.717, 1.165) is 18.7 Å². The van der Waals surface area contributed by atoms with Crippen molar-refractivity contribution >= 4 is 5.91 Å². The van der Waals surface area contributed by atoms with Gasteiger partial charge in [-0.05, 0) is 24.8 Å². The predicted molar refractivity (Wildman–Crippen MR) is 73.3 cm³/mol. The van der Waals surface area contributed by atoms with Gasteiger partial charge in [-0.2, -0.15) is 0 Å². The van der Waals surface area contributed by atoms with Crippen LogP contribution in [0, 0.1) is 5.92 Å². The number of alkyl halides is 2. The average molecular weight is 295 g/mol. The van der Waals surface area contributed by atoms with Gasteiger partial charge in [0.15, 0.2) is 0 Å². The van der Waals surface area contributed by atoms with Crippen LogP contribution in [0.4, 0.5) is 8.78 Å². The molecule has 2 aliphatic rings. The lowest BCUT2D eigenvalue weighted by Crippen LogP contribution is -2.50. The van der Waals surface area contributed by atoms with Crippen molar-refractivity contribution in [3.8, 4) is 0 Å². The number of rotatable bonds is 4. The molecule has 0 N–H and O–H groups in total. The molecule has 114 valence electrons. The fourth-order valence-corrected chi connectivity index (χ4v) is 3.17. The van der Waals surface area contributed by atoms with Gasteiger partial charge in [0.05, 0.1) is 0 Å². The van der Waals surface area contributed by atoms with E-state index in [0.29, 0.717) is 24.7 Å². The topological polar surface area (TPSA) is 46.1 Å². The first-order chi connectivity index (χ1) is 10.1. The molecule has 1 amide bonds. The van der Waals surface area contributed by atoms with Crippen LogP contribution in [0.25, 0.3) is 0 Å². The molecular formula is C15H19F2N3O. The maximum Gasteiger partial charge on any atom is 0.272 e. The zero-order valence-corrected chi connectivity index (χ0v) is 11.8. The summed E-state index contributed by atoms with van der Waals surface area (Å²) in [5.74, 6) is 0.871. The van der Waals surface area contributed by atoms with E-state index in [9.17, 15) is 13.6 Å². The van der Waals surface area contributed by atoms with Crippen LogP contribution in [0.15, 0.2) is 12.3 Å². The van der Waals surface area contributed by atoms with Crippen LogP contribution in [-0.2, 0) is 0 Å². The molecule has 2 fully saturated rings. The lowest BCUT2D eigenvalue weighted by Gasteiger charge is -2.39. The van der Waals surface area contributed by atoms with Gasteiger partial charge in [-0.25, -0.2) is 18.7 Å². The fraction of sp³-hybridized carbons (Fsp3) is 0.667. The van der Waals surface area contributed by atoms with E-state index in [1.54, 1.807) is 17.2 Å². The van der Waals surface area contributed by atoms with Crippen molar-refractivity contribution < 1.29 is 13.6 Å². The van der Waals surface area contributed by atoms with Gasteiger partial charge in [0.2, 0.25) is 6.43 Å². The Morgan fingerprint density at radius 2 is 2.05 bits per heavy atom. The third-order valence-electron chi connectivity index (χ3n) is 4.37. The van der Waals surface area contributed by atoms with Crippen LogP contribution >= 0.6 is 0 Å². The maximum atomic E-state index is 12.3. The van der Waals surface area contributed by atoms with E-state index >= 15 is 0 Å². The van der Waals surface area contributed by atoms with E-state index in [1.807, 2.05) is 0 Å². The third kappa shape index (κ3) is 3.19. The normalized spacial score (nSPS) is 20.0. The van der Waals surface area contributed by atoms with Gasteiger partial charge in [0.1, 0.15) is 11.5 Å². The van der Waals surface area contributed by atoms with Crippen LogP contribution in [-0.4, -0.2) is 40.3 Å². The average Bonchev–Trinajstić information content (AvgIpc) is 2.96. The van der Waals surface area contributed by atoms with Crippen molar-refractivity contribution in [3.63, 3.8) is 0 Å². The zero-order valence-electron chi connectivity index (χ0n) is 11.8. The van der Waals surface area contributed by atoms with Crippen LogP contribution in [0.1, 0.15) is 54.3 Å². The number of halogens is 2. The van der Waals surface area contributed by atoms with E-state index in [-0.39, 0.29) is 18.2 Å². The van der Waals surface area contributed by atoms with Crippen LogP contribution in [0.2, 0.25) is 0 Å². The van der Waals surface area contributed by atoms with Crippen molar-refractivity contribution in [1.82, 2.24) is 14.9 Å². The summed E-state index contributed by atoms with van der Waals surface area (Å²) in [6.07, 6.45) is 3.75. The summed E-state index contributed by atoms with van der Waals surface area (Å²) in [7, 11) is 0. The molecule has 3 rings (SSSR count). The van der Waals surface area contributed by atoms with Gasteiger partial charge in [-0.15, -0.1) is 0 Å². The highest BCUT2D eigenvalue weighted by Crippen LogP contribution is 2.32. The monoisotopic (exact) mass is 295 g/mol. The molecule has 21 heavy (non-hydrogen) atoms. The Labute approximate surface area is 122 Å². The van der Waals surface area contributed by atoms with E-state index in [1.165, 1.54) is 12.8 Å². The Hall–Kier alpha value is -1.59. The molecule has 0 radical (unpaired) electrons. The molecule has 0 unspecified atom stereocenters. The number of hydrogen-bond acceptors (Lipinski definition) is 3. The molecule has 0 aromatic carbocycles. The van der Waals surface area contributed by atoms with Crippen molar-refractivity contribution in [1.29, 1.82) is 0 Å². The molecule has 1 aromatic heterocycles. The lowest BCUT2D eigenvalue weighted by atomic mass is 9.96. The number of hydrogen-bond donors (Lipinski definition) is 0. The highest BCUT2D eigenvalue weighted by Gasteiger charge is 2.33. The van der Waals surface area contributed by atoms with Crippen LogP contribution in [0.5, 0.6) is 0 Å². The van der Waals surface area contributed by atoms with Crippen LogP contribution in [0.3, 0.4) is 0 Å². The van der Waals surface area contributed by atoms with Gasteiger partial charge in [0, 0.05) is 31.6 Å². The minimum absolute atomic E-state index is 0.0786. The standard InChI is InChI=1S/C15H19F2N3O/c16-13(17)7-10-8-20(9-10)15(21)12-5-6-18-14(19-12)11-3-1-2-4-11/h5-6,10-11,13H,1-4,7-9H2. The smallest absolute Gasteiger partial charge is 0.272 e. The molecule has 6 heteroatoms. The largest absolute Gasteiger partial charge is 0.337 e. The molecule has 1 saturated carbocycles. The summed E-state index contributed by atoms with van der Waals surface area (Å²) in [6.45, 7) is 0.817. The Kier molecular flexibility index (Phi) is 4.12. The molecule has 1 aromatic rings. The first-order valence-corrected chi connectivity index (χ1v) is 7.54. The van der Waals surface area contributed by atoms with Crippen molar-refractivity contribution in [2.45, 2.75) is 44.4 Å². The lowest BCUT2D eigenvalue weighted by molar-refractivity contribution is 0.0276. The summed E-state index contributed by atoms with van der Waals surface area (Å²) in [4.78, 5) is 22.5. The van der Waals surface area contributed by atoms with E-state index in [4.69, 9.17) is 0 Å². The minimum atomic E-state index is -2.29. The molecule has 4 nitrogen and oxygen atoms in total. The van der Waals surface area contributed by atoms with Crippen molar-refractivity contribution in [3.05, 3.63) is 23.8 Å². The second kappa shape index (κ2) is 6.03. The van der Waals surface area contributed by atoms with Gasteiger partial charge < -0.3 is 4.90 Å². The molecule has 0 atom stereocenters. The molecule has 1 aliphatic heterocycles. The zero-order chi connectivity index (χ0) is 14.8. The number of nitrogens with zero attached hydrogens (tertiary/aromatic N) is 3. The Morgan fingerprint density at radius 3 is 2.71 bits per heavy atom. The molecule has 1 aliphatic carbocycles. The SMILES string of the molecule is O=C(c1ccnc(C2CCCC2)n1)N1CC(CC(F)F)C1. The Balaban J connectivity index is 1.62. The maximum absolute atomic E-state index is 12.3. The molecular weight excluding hydrogens is 276 g/mol. The summed E-state index contributed by atoms with van der Waals surface area (Å²) < 4.78 is 24.5. The second-order valence-corrected chi connectivity index (χ2v) is 5.98. The van der Waals surface area contributed by atoms with E-state index in [2.05, 4.69) is 9.97 Å². The predicted octanol–water partition coefficient (Wildman–Crippen LogP) is 2.86. The number of aromatic nitrogens is 2. The first-order valence-electron chi connectivity index (χ1n) is 7.54. The number of carbonyl (C=O) groups is 1. The quantitative estimate of drug-likeness (QED) is 0.858. The highest BCUT2D eigenvalue weighted by molar-refractivity contribution is 5.92. The Morgan fingerprint density at radius 1 is 1.33 bits per heavy atom. The van der Waals surface area contributed by atoms with Gasteiger partial charge in [0.25, 0.3) is 5.91 Å². The fourth-order valence-electron chi connectivity index (χ4n) is 3.17. The third-order valence-corrected chi connectivity index (χ3v) is 4.37. The summed E-state index contributed by atoms with van der Waals surface area (Å²) in [5, 5.41) is 0. The van der Waals surface area contributed by atoms with Crippen molar-refractivity contribution in [2.24, 2.45) is 5.92 Å².